The van der Waals surface area contributed by atoms with Crippen LogP contribution >= 0.6 is 15.9 Å². The molecule has 2 heteroatoms. The minimum absolute atomic E-state index is 0.884. The second-order valence-corrected chi connectivity index (χ2v) is 4.00. The van der Waals surface area contributed by atoms with E-state index < -0.39 is 0 Å². The van der Waals surface area contributed by atoms with Crippen LogP contribution in [0.15, 0.2) is 45.3 Å². The minimum atomic E-state index is 0.884. The molecule has 0 fully saturated rings. The number of halogens is 1. The summed E-state index contributed by atoms with van der Waals surface area (Å²) in [7, 11) is 0. The Labute approximate surface area is 89.5 Å². The topological polar surface area (TPSA) is 13.1 Å². The summed E-state index contributed by atoms with van der Waals surface area (Å²) in [4.78, 5) is 0. The minimum Gasteiger partial charge on any atom is -0.456 e. The van der Waals surface area contributed by atoms with Crippen molar-refractivity contribution >= 4 is 37.9 Å². The maximum atomic E-state index is 5.66. The number of benzene rings is 2. The van der Waals surface area contributed by atoms with Gasteiger partial charge >= 0.3 is 0 Å². The van der Waals surface area contributed by atoms with E-state index in [-0.39, 0.29) is 0 Å². The summed E-state index contributed by atoms with van der Waals surface area (Å²) in [5.41, 5.74) is 1.80. The largest absolute Gasteiger partial charge is 0.456 e. The summed E-state index contributed by atoms with van der Waals surface area (Å²) < 4.78 is 6.61. The van der Waals surface area contributed by atoms with Crippen molar-refractivity contribution in [2.75, 3.05) is 0 Å². The molecule has 67 valence electrons. The van der Waals surface area contributed by atoms with Crippen LogP contribution in [-0.4, -0.2) is 0 Å². The van der Waals surface area contributed by atoms with Crippen molar-refractivity contribution in [2.24, 2.45) is 0 Å². The smallest absolute Gasteiger partial charge is 0.136 e. The summed E-state index contributed by atoms with van der Waals surface area (Å²) in [6.45, 7) is 0. The van der Waals surface area contributed by atoms with Gasteiger partial charge in [0.05, 0.1) is 0 Å². The number of fused-ring (bicyclic) bond motifs is 3. The monoisotopic (exact) mass is 245 g/mol. The molecule has 0 aliphatic heterocycles. The number of para-hydroxylation sites is 1. The standard InChI is InChI=1S/C12H6BrO/c13-8-5-6-12-10(7-8)9-3-1-2-4-11(9)14-12/h1-6H. The third-order valence-electron chi connectivity index (χ3n) is 2.25. The van der Waals surface area contributed by atoms with Crippen molar-refractivity contribution in [3.05, 3.63) is 46.9 Å². The molecule has 0 aliphatic carbocycles. The predicted molar refractivity (Wildman–Crippen MR) is 60.3 cm³/mol. The lowest BCUT2D eigenvalue weighted by molar-refractivity contribution is 0.669. The van der Waals surface area contributed by atoms with Gasteiger partial charge in [0.1, 0.15) is 11.2 Å². The zero-order valence-electron chi connectivity index (χ0n) is 7.25. The molecule has 1 nitrogen and oxygen atoms in total. The molecule has 0 saturated heterocycles. The van der Waals surface area contributed by atoms with Crippen LogP contribution in [0.3, 0.4) is 0 Å². The third-order valence-corrected chi connectivity index (χ3v) is 2.71. The number of rotatable bonds is 0. The summed E-state index contributed by atoms with van der Waals surface area (Å²) in [6.07, 6.45) is 0. The number of hydrogen-bond acceptors (Lipinski definition) is 1. The third kappa shape index (κ3) is 1.07. The second-order valence-electron chi connectivity index (χ2n) is 3.14. The summed E-state index contributed by atoms with van der Waals surface area (Å²) >= 11 is 3.41. The Morgan fingerprint density at radius 1 is 1.00 bits per heavy atom. The van der Waals surface area contributed by atoms with E-state index in [4.69, 9.17) is 4.42 Å². The lowest BCUT2D eigenvalue weighted by Crippen LogP contribution is -1.67. The molecule has 3 rings (SSSR count). The van der Waals surface area contributed by atoms with Crippen LogP contribution < -0.4 is 0 Å². The molecule has 0 bridgehead atoms. The zero-order chi connectivity index (χ0) is 9.54. The Hall–Kier alpha value is -1.28. The summed E-state index contributed by atoms with van der Waals surface area (Å²) in [5.74, 6) is 0. The molecule has 0 saturated carbocycles. The molecule has 0 amide bonds. The van der Waals surface area contributed by atoms with Gasteiger partial charge in [0.25, 0.3) is 0 Å². The van der Waals surface area contributed by atoms with E-state index in [1.54, 1.807) is 0 Å². The van der Waals surface area contributed by atoms with Crippen LogP contribution in [0.2, 0.25) is 0 Å². The fourth-order valence-electron chi connectivity index (χ4n) is 1.62. The molecule has 1 aromatic heterocycles. The van der Waals surface area contributed by atoms with Crippen LogP contribution in [0, 0.1) is 6.07 Å². The lowest BCUT2D eigenvalue weighted by atomic mass is 10.2. The normalized spacial score (nSPS) is 11.2. The van der Waals surface area contributed by atoms with Gasteiger partial charge in [-0.25, -0.2) is 0 Å². The van der Waals surface area contributed by atoms with E-state index in [1.807, 2.05) is 36.4 Å². The Balaban J connectivity index is 2.58. The van der Waals surface area contributed by atoms with E-state index in [0.29, 0.717) is 0 Å². The molecule has 0 unspecified atom stereocenters. The maximum Gasteiger partial charge on any atom is 0.136 e. The van der Waals surface area contributed by atoms with Gasteiger partial charge in [0, 0.05) is 21.3 Å². The summed E-state index contributed by atoms with van der Waals surface area (Å²) in [5, 5.41) is 2.15. The first kappa shape index (κ1) is 8.06. The van der Waals surface area contributed by atoms with Crippen LogP contribution in [0.25, 0.3) is 21.9 Å². The average Bonchev–Trinajstić information content (AvgIpc) is 2.56. The fraction of sp³-hybridized carbons (Fsp3) is 0. The summed E-state index contributed by atoms with van der Waals surface area (Å²) in [6, 6.07) is 15.1. The van der Waals surface area contributed by atoms with Gasteiger partial charge in [-0.3, -0.25) is 0 Å². The van der Waals surface area contributed by atoms with Crippen LogP contribution in [0.4, 0.5) is 0 Å². The molecule has 0 aliphatic rings. The Morgan fingerprint density at radius 2 is 1.86 bits per heavy atom. The van der Waals surface area contributed by atoms with Crippen LogP contribution in [-0.2, 0) is 0 Å². The molecule has 0 spiro atoms. The van der Waals surface area contributed by atoms with Gasteiger partial charge in [-0.1, -0.05) is 34.1 Å². The van der Waals surface area contributed by atoms with Gasteiger partial charge in [-0.2, -0.15) is 0 Å². The number of hydrogen-bond donors (Lipinski definition) is 0. The first-order valence-corrected chi connectivity index (χ1v) is 5.13. The van der Waals surface area contributed by atoms with Crippen molar-refractivity contribution < 1.29 is 4.42 Å². The lowest BCUT2D eigenvalue weighted by Gasteiger charge is -1.88. The van der Waals surface area contributed by atoms with Crippen LogP contribution in [0.1, 0.15) is 0 Å². The predicted octanol–water partition coefficient (Wildman–Crippen LogP) is 4.15. The van der Waals surface area contributed by atoms with Gasteiger partial charge in [0.15, 0.2) is 0 Å². The van der Waals surface area contributed by atoms with Gasteiger partial charge in [0.2, 0.25) is 0 Å². The van der Waals surface area contributed by atoms with Gasteiger partial charge in [-0.15, -0.1) is 0 Å². The highest BCUT2D eigenvalue weighted by molar-refractivity contribution is 9.10. The van der Waals surface area contributed by atoms with Crippen molar-refractivity contribution in [2.45, 2.75) is 0 Å². The molecule has 0 atom stereocenters. The first-order chi connectivity index (χ1) is 6.84. The van der Waals surface area contributed by atoms with Crippen molar-refractivity contribution in [3.8, 4) is 0 Å². The quantitative estimate of drug-likeness (QED) is 0.580. The molecule has 3 aromatic rings. The Kier molecular flexibility index (Phi) is 1.64. The van der Waals surface area contributed by atoms with E-state index >= 15 is 0 Å². The molecule has 14 heavy (non-hydrogen) atoms. The highest BCUT2D eigenvalue weighted by atomic mass is 79.9. The zero-order valence-corrected chi connectivity index (χ0v) is 8.84. The van der Waals surface area contributed by atoms with E-state index in [0.717, 1.165) is 26.4 Å². The van der Waals surface area contributed by atoms with E-state index in [1.165, 1.54) is 0 Å². The van der Waals surface area contributed by atoms with Gasteiger partial charge in [-0.05, 0) is 18.2 Å². The Bertz CT molecular complexity index is 610. The first-order valence-electron chi connectivity index (χ1n) is 4.34. The SMILES string of the molecule is Brc1[c]c2c(cc1)oc1ccccc12. The molecular weight excluding hydrogens is 240 g/mol. The van der Waals surface area contributed by atoms with Crippen molar-refractivity contribution in [3.63, 3.8) is 0 Å². The molecule has 1 radical (unpaired) electrons. The second kappa shape index (κ2) is 2.85. The maximum absolute atomic E-state index is 5.66. The van der Waals surface area contributed by atoms with E-state index in [2.05, 4.69) is 22.0 Å². The molecule has 1 heterocycles. The highest BCUT2D eigenvalue weighted by Gasteiger charge is 2.05. The van der Waals surface area contributed by atoms with E-state index in [9.17, 15) is 0 Å². The molecule has 0 N–H and O–H groups in total. The fourth-order valence-corrected chi connectivity index (χ4v) is 1.95. The highest BCUT2D eigenvalue weighted by Crippen LogP contribution is 2.29. The number of furan rings is 1. The molecular formula is C12H6BrO. The van der Waals surface area contributed by atoms with Crippen LogP contribution in [0.5, 0.6) is 0 Å². The Morgan fingerprint density at radius 3 is 2.79 bits per heavy atom. The van der Waals surface area contributed by atoms with Crippen molar-refractivity contribution in [1.29, 1.82) is 0 Å². The van der Waals surface area contributed by atoms with Gasteiger partial charge < -0.3 is 4.42 Å². The van der Waals surface area contributed by atoms with Crippen molar-refractivity contribution in [1.82, 2.24) is 0 Å². The average molecular weight is 246 g/mol. The molecule has 2 aromatic carbocycles.